The highest BCUT2D eigenvalue weighted by atomic mass is 32.2. The third kappa shape index (κ3) is 6.02. The molecule has 4 aromatic rings. The Morgan fingerprint density at radius 3 is 2.45 bits per heavy atom. The molecule has 1 aliphatic rings. The first-order chi connectivity index (χ1) is 21.9. The summed E-state index contributed by atoms with van der Waals surface area (Å²) < 4.78 is 100.0. The number of amides is 1. The van der Waals surface area contributed by atoms with E-state index in [0.29, 0.717) is 6.07 Å². The Labute approximate surface area is 265 Å². The predicted molar refractivity (Wildman–Crippen MR) is 165 cm³/mol. The number of anilines is 2. The number of aryl methyl sites for hydroxylation is 1. The molecule has 3 aromatic heterocycles. The molecular formula is C30H28F5N7O4S. The van der Waals surface area contributed by atoms with Gasteiger partial charge in [0, 0.05) is 38.9 Å². The van der Waals surface area contributed by atoms with E-state index in [2.05, 4.69) is 21.5 Å². The second-order valence-electron chi connectivity index (χ2n) is 11.0. The van der Waals surface area contributed by atoms with Crippen LogP contribution in [-0.4, -0.2) is 77.7 Å². The second kappa shape index (κ2) is 12.0. The lowest BCUT2D eigenvalue weighted by molar-refractivity contribution is -0.137. The van der Waals surface area contributed by atoms with Gasteiger partial charge in [-0.25, -0.2) is 36.5 Å². The van der Waals surface area contributed by atoms with Crippen LogP contribution >= 0.6 is 0 Å². The molecule has 0 N–H and O–H groups in total. The molecule has 1 aromatic carbocycles. The molecule has 0 bridgehead atoms. The van der Waals surface area contributed by atoms with Gasteiger partial charge in [0.2, 0.25) is 15.9 Å². The van der Waals surface area contributed by atoms with Gasteiger partial charge in [0.25, 0.3) is 0 Å². The zero-order valence-corrected chi connectivity index (χ0v) is 26.3. The summed E-state index contributed by atoms with van der Waals surface area (Å²) >= 11 is 0. The van der Waals surface area contributed by atoms with E-state index in [1.54, 1.807) is 11.8 Å². The number of hydrogen-bond acceptors (Lipinski definition) is 8. The van der Waals surface area contributed by atoms with E-state index < -0.39 is 62.0 Å². The van der Waals surface area contributed by atoms with E-state index in [1.165, 1.54) is 31.1 Å². The van der Waals surface area contributed by atoms with Crippen LogP contribution in [0.15, 0.2) is 54.0 Å². The van der Waals surface area contributed by atoms with Crippen LogP contribution in [0, 0.1) is 18.6 Å². The number of piperazine rings is 1. The lowest BCUT2D eigenvalue weighted by Crippen LogP contribution is -2.54. The average molecular weight is 678 g/mol. The van der Waals surface area contributed by atoms with E-state index in [0.717, 1.165) is 39.4 Å². The van der Waals surface area contributed by atoms with Crippen molar-refractivity contribution in [1.82, 2.24) is 24.4 Å². The van der Waals surface area contributed by atoms with Gasteiger partial charge in [-0.3, -0.25) is 9.10 Å². The molecule has 11 nitrogen and oxygen atoms in total. The number of carbonyl (C=O) groups excluding carboxylic acids is 1. The third-order valence-corrected chi connectivity index (χ3v) is 9.04. The van der Waals surface area contributed by atoms with Crippen molar-refractivity contribution in [3.8, 4) is 16.9 Å². The summed E-state index contributed by atoms with van der Waals surface area (Å²) in [5, 5.41) is -0.151. The van der Waals surface area contributed by atoms with Gasteiger partial charge in [-0.05, 0) is 49.8 Å². The van der Waals surface area contributed by atoms with Crippen molar-refractivity contribution >= 4 is 38.6 Å². The van der Waals surface area contributed by atoms with Crippen molar-refractivity contribution in [1.29, 1.82) is 0 Å². The largest absolute Gasteiger partial charge is 0.417 e. The fourth-order valence-electron chi connectivity index (χ4n) is 5.50. The van der Waals surface area contributed by atoms with Crippen LogP contribution < -0.4 is 14.9 Å². The summed E-state index contributed by atoms with van der Waals surface area (Å²) in [7, 11) is -2.79. The van der Waals surface area contributed by atoms with Gasteiger partial charge in [-0.1, -0.05) is 12.6 Å². The fourth-order valence-corrected chi connectivity index (χ4v) is 5.95. The van der Waals surface area contributed by atoms with Crippen molar-refractivity contribution < 1.29 is 35.2 Å². The molecule has 1 aliphatic heterocycles. The Morgan fingerprint density at radius 1 is 1.13 bits per heavy atom. The number of carbonyl (C=O) groups is 1. The molecule has 0 spiro atoms. The van der Waals surface area contributed by atoms with E-state index in [1.807, 2.05) is 0 Å². The Bertz CT molecular complexity index is 2100. The maximum atomic E-state index is 16.0. The summed E-state index contributed by atoms with van der Waals surface area (Å²) in [5.74, 6) is -3.44. The van der Waals surface area contributed by atoms with Crippen molar-refractivity contribution in [3.05, 3.63) is 82.4 Å². The molecule has 1 atom stereocenters. The quantitative estimate of drug-likeness (QED) is 0.221. The molecule has 1 amide bonds. The maximum absolute atomic E-state index is 16.0. The van der Waals surface area contributed by atoms with Gasteiger partial charge in [-0.15, -0.1) is 0 Å². The Hall–Kier alpha value is -4.93. The first-order valence-corrected chi connectivity index (χ1v) is 15.9. The number of nitrogens with zero attached hydrogens (tertiary/aromatic N) is 7. The van der Waals surface area contributed by atoms with Gasteiger partial charge in [0.15, 0.2) is 17.3 Å². The number of aromatic nitrogens is 4. The van der Waals surface area contributed by atoms with Crippen molar-refractivity contribution in [2.75, 3.05) is 42.1 Å². The van der Waals surface area contributed by atoms with Crippen LogP contribution in [0.2, 0.25) is 0 Å². The van der Waals surface area contributed by atoms with Crippen molar-refractivity contribution in [3.63, 3.8) is 0 Å². The van der Waals surface area contributed by atoms with Gasteiger partial charge < -0.3 is 9.80 Å². The second-order valence-corrected chi connectivity index (χ2v) is 13.0. The highest BCUT2D eigenvalue weighted by molar-refractivity contribution is 7.92. The van der Waals surface area contributed by atoms with Crippen LogP contribution in [0.25, 0.3) is 28.0 Å². The summed E-state index contributed by atoms with van der Waals surface area (Å²) in [5.41, 5.74) is -5.10. The molecular weight excluding hydrogens is 649 g/mol. The zero-order valence-electron chi connectivity index (χ0n) is 25.5. The molecule has 0 radical (unpaired) electrons. The van der Waals surface area contributed by atoms with Crippen LogP contribution in [0.3, 0.4) is 0 Å². The summed E-state index contributed by atoms with van der Waals surface area (Å²) in [6.07, 6.45) is -1.78. The molecule has 1 saturated heterocycles. The van der Waals surface area contributed by atoms with Gasteiger partial charge in [-0.2, -0.15) is 18.2 Å². The smallest absolute Gasteiger partial charge is 0.350 e. The molecule has 17 heteroatoms. The molecule has 47 heavy (non-hydrogen) atoms. The third-order valence-electron chi connectivity index (χ3n) is 7.87. The van der Waals surface area contributed by atoms with Gasteiger partial charge in [0.1, 0.15) is 17.3 Å². The minimum atomic E-state index is -5.10. The fraction of sp³-hybridized carbons (Fsp3) is 0.300. The molecule has 0 saturated carbocycles. The van der Waals surface area contributed by atoms with E-state index in [9.17, 15) is 31.2 Å². The molecule has 4 heterocycles. The normalized spacial score (nSPS) is 15.6. The number of pyridine rings is 2. The molecule has 5 rings (SSSR count). The minimum absolute atomic E-state index is 0.0958. The average Bonchev–Trinajstić information content (AvgIpc) is 2.99. The monoisotopic (exact) mass is 677 g/mol. The molecule has 0 aliphatic carbocycles. The lowest BCUT2D eigenvalue weighted by atomic mass is 10.0. The van der Waals surface area contributed by atoms with Crippen LogP contribution in [0.1, 0.15) is 18.1 Å². The number of hydrogen-bond donors (Lipinski definition) is 0. The number of rotatable bonds is 6. The van der Waals surface area contributed by atoms with Crippen molar-refractivity contribution in [2.45, 2.75) is 26.1 Å². The highest BCUT2D eigenvalue weighted by Gasteiger charge is 2.37. The van der Waals surface area contributed by atoms with Gasteiger partial charge in [0.05, 0.1) is 28.5 Å². The first-order valence-electron chi connectivity index (χ1n) is 14.0. The number of halogens is 5. The lowest BCUT2D eigenvalue weighted by Gasteiger charge is -2.40. The zero-order chi connectivity index (χ0) is 34.6. The number of alkyl halides is 3. The summed E-state index contributed by atoms with van der Waals surface area (Å²) in [4.78, 5) is 41.9. The SMILES string of the molecule is C=CC(=O)N1CCN(c2nc(=O)n(-c3c(C)ccnc3N(C)S(C)(=O)=O)c3nc(-c4c(F)cccc4C(F)(F)F)c(F)cc23)[C@@H](C)C1. The maximum Gasteiger partial charge on any atom is 0.417 e. The molecule has 1 fully saturated rings. The Kier molecular flexibility index (Phi) is 8.55. The minimum Gasteiger partial charge on any atom is -0.350 e. The van der Waals surface area contributed by atoms with Crippen molar-refractivity contribution in [2.24, 2.45) is 0 Å². The van der Waals surface area contributed by atoms with Crippen LogP contribution in [0.5, 0.6) is 0 Å². The number of fused-ring (bicyclic) bond motifs is 1. The van der Waals surface area contributed by atoms with E-state index in [4.69, 9.17) is 0 Å². The van der Waals surface area contributed by atoms with Gasteiger partial charge >= 0.3 is 11.9 Å². The summed E-state index contributed by atoms with van der Waals surface area (Å²) in [6.45, 7) is 7.18. The standard InChI is InChI=1S/C30H28F5N7O4S/c1-6-22(43)40-12-13-41(17(3)15-40)26-18-14-21(32)24(23-19(30(33,34)35)8-7-9-20(23)31)37-27(18)42(29(44)38-26)25-16(2)10-11-36-28(25)39(4)47(5,45)46/h6-11,14,17H,1,12-13,15H2,2-5H3/t17-/m0/s1. The Balaban J connectivity index is 1.89. The van der Waals surface area contributed by atoms with E-state index >= 15 is 8.78 Å². The molecule has 248 valence electrons. The number of sulfonamides is 1. The van der Waals surface area contributed by atoms with E-state index in [-0.39, 0.29) is 53.8 Å². The molecule has 0 unspecified atom stereocenters. The summed E-state index contributed by atoms with van der Waals surface area (Å²) in [6, 6.07) is 3.88. The first kappa shape index (κ1) is 33.4. The topological polar surface area (TPSA) is 122 Å². The number of benzene rings is 1. The van der Waals surface area contributed by atoms with Crippen LogP contribution in [-0.2, 0) is 21.0 Å². The van der Waals surface area contributed by atoms with Crippen LogP contribution in [0.4, 0.5) is 33.6 Å². The predicted octanol–water partition coefficient (Wildman–Crippen LogP) is 4.07. The Morgan fingerprint density at radius 2 is 1.83 bits per heavy atom. The highest BCUT2D eigenvalue weighted by Crippen LogP contribution is 2.40.